The lowest BCUT2D eigenvalue weighted by molar-refractivity contribution is 0.357. The fraction of sp³-hybridized carbons (Fsp3) is 0.0256. The van der Waals surface area contributed by atoms with E-state index < -0.39 is 213 Å². The van der Waals surface area contributed by atoms with Gasteiger partial charge in [0.15, 0.2) is 93.0 Å². The van der Waals surface area contributed by atoms with Crippen molar-refractivity contribution in [3.05, 3.63) is 157 Å². The molecule has 0 unspecified atom stereocenters. The Bertz CT molecular complexity index is 3270. The van der Waals surface area contributed by atoms with Crippen LogP contribution >= 0.6 is 0 Å². The Morgan fingerprint density at radius 1 is 0.312 bits per heavy atom. The van der Waals surface area contributed by atoms with Gasteiger partial charge in [0.25, 0.3) is 0 Å². The fourth-order valence-corrected chi connectivity index (χ4v) is 7.18. The molecular formula is C39H5BF22O2. The van der Waals surface area contributed by atoms with Crippen LogP contribution in [0.5, 0.6) is 11.5 Å². The molecule has 25 heteroatoms. The second kappa shape index (κ2) is 14.9. The van der Waals surface area contributed by atoms with Crippen LogP contribution in [0.3, 0.4) is 0 Å². The average Bonchev–Trinajstić information content (AvgIpc) is 3.67. The third-order valence-corrected chi connectivity index (χ3v) is 9.97. The highest BCUT2D eigenvalue weighted by Gasteiger charge is 2.45. The van der Waals surface area contributed by atoms with E-state index in [1.165, 1.54) is 0 Å². The topological polar surface area (TPSA) is 18.5 Å². The van der Waals surface area contributed by atoms with Gasteiger partial charge in [0.1, 0.15) is 23.2 Å². The SMILES string of the molecule is Fc1cccc2c1-c1c(F)c(F)c(F)c(OB(Oc3c(F)c(F)c(F)c(F)c3-c3c(F)c(F)c(F)c(F)c3F)c3c(F)c(F)c(F)c4c(F)c5c(F)c(F)c(F)c(F)c5c(F)c34)c1C2. The number of fused-ring (bicyclic) bond motifs is 5. The van der Waals surface area contributed by atoms with Gasteiger partial charge in [0.05, 0.1) is 32.7 Å². The number of halogens is 22. The molecule has 8 rings (SSSR count). The quantitative estimate of drug-likeness (QED) is 0.0544. The molecule has 0 bridgehead atoms. The van der Waals surface area contributed by atoms with Crippen LogP contribution in [0.4, 0.5) is 96.6 Å². The second-order valence-corrected chi connectivity index (χ2v) is 13.3. The highest BCUT2D eigenvalue weighted by molar-refractivity contribution is 6.66. The van der Waals surface area contributed by atoms with E-state index in [4.69, 9.17) is 9.31 Å². The molecule has 0 aromatic heterocycles. The molecule has 0 aliphatic heterocycles. The molecule has 0 radical (unpaired) electrons. The molecule has 0 saturated heterocycles. The molecule has 7 aromatic carbocycles. The number of hydrogen-bond donors (Lipinski definition) is 0. The summed E-state index contributed by atoms with van der Waals surface area (Å²) in [5.41, 5.74) is -12.1. The average molecular weight is 934 g/mol. The molecule has 0 saturated carbocycles. The Morgan fingerprint density at radius 3 is 1.23 bits per heavy atom. The van der Waals surface area contributed by atoms with Gasteiger partial charge in [-0.3, -0.25) is 0 Å². The maximum atomic E-state index is 16.5. The summed E-state index contributed by atoms with van der Waals surface area (Å²) in [5, 5.41) is -9.96. The van der Waals surface area contributed by atoms with Gasteiger partial charge in [-0.2, -0.15) is 8.78 Å². The molecule has 330 valence electrons. The fourth-order valence-electron chi connectivity index (χ4n) is 7.18. The molecule has 7 aromatic rings. The summed E-state index contributed by atoms with van der Waals surface area (Å²) in [6.45, 7) is 0. The van der Waals surface area contributed by atoms with Gasteiger partial charge in [-0.15, -0.1) is 0 Å². The van der Waals surface area contributed by atoms with Crippen LogP contribution in [0.2, 0.25) is 0 Å². The van der Waals surface area contributed by atoms with E-state index in [-0.39, 0.29) is 0 Å². The number of benzene rings is 7. The van der Waals surface area contributed by atoms with Crippen molar-refractivity contribution < 1.29 is 106 Å². The zero-order chi connectivity index (χ0) is 47.0. The minimum atomic E-state index is -4.17. The smallest absolute Gasteiger partial charge is 0.519 e. The lowest BCUT2D eigenvalue weighted by Gasteiger charge is -2.24. The van der Waals surface area contributed by atoms with Crippen LogP contribution in [-0.4, -0.2) is 7.12 Å². The van der Waals surface area contributed by atoms with Crippen molar-refractivity contribution in [2.24, 2.45) is 0 Å². The Balaban J connectivity index is 1.55. The minimum absolute atomic E-state index is 0.403. The molecule has 0 heterocycles. The molecule has 64 heavy (non-hydrogen) atoms. The lowest BCUT2D eigenvalue weighted by Crippen LogP contribution is -2.47. The van der Waals surface area contributed by atoms with Crippen LogP contribution in [-0.2, 0) is 6.42 Å². The van der Waals surface area contributed by atoms with Gasteiger partial charge >= 0.3 is 7.12 Å². The van der Waals surface area contributed by atoms with Gasteiger partial charge in [-0.25, -0.2) is 87.8 Å². The monoisotopic (exact) mass is 934 g/mol. The zero-order valence-corrected chi connectivity index (χ0v) is 29.6. The summed E-state index contributed by atoms with van der Waals surface area (Å²) in [6.07, 6.45) is -1.05. The molecular weight excluding hydrogens is 929 g/mol. The van der Waals surface area contributed by atoms with Crippen LogP contribution in [0.1, 0.15) is 11.1 Å². The first-order chi connectivity index (χ1) is 30.0. The summed E-state index contributed by atoms with van der Waals surface area (Å²) in [7, 11) is -4.17. The normalized spacial score (nSPS) is 12.2. The maximum Gasteiger partial charge on any atom is 0.636 e. The predicted octanol–water partition coefficient (Wildman–Crippen LogP) is 12.1. The number of hydrogen-bond acceptors (Lipinski definition) is 2. The molecule has 0 amide bonds. The van der Waals surface area contributed by atoms with Crippen LogP contribution < -0.4 is 14.8 Å². The second-order valence-electron chi connectivity index (χ2n) is 13.3. The van der Waals surface area contributed by atoms with Gasteiger partial charge in [0, 0.05) is 28.5 Å². The summed E-state index contributed by atoms with van der Waals surface area (Å²) < 4.78 is 344. The Labute approximate surface area is 337 Å². The van der Waals surface area contributed by atoms with E-state index >= 15 is 61.5 Å². The van der Waals surface area contributed by atoms with Crippen molar-refractivity contribution in [3.63, 3.8) is 0 Å². The van der Waals surface area contributed by atoms with Crippen molar-refractivity contribution in [3.8, 4) is 33.8 Å². The lowest BCUT2D eigenvalue weighted by atomic mass is 9.73. The highest BCUT2D eigenvalue weighted by atomic mass is 19.2. The Kier molecular flexibility index (Phi) is 10.2. The maximum absolute atomic E-state index is 16.5. The van der Waals surface area contributed by atoms with Crippen molar-refractivity contribution in [2.75, 3.05) is 0 Å². The van der Waals surface area contributed by atoms with E-state index in [0.717, 1.165) is 12.1 Å². The molecule has 1 aliphatic carbocycles. The summed E-state index contributed by atoms with van der Waals surface area (Å²) >= 11 is 0. The van der Waals surface area contributed by atoms with Crippen molar-refractivity contribution in [1.29, 1.82) is 0 Å². The third-order valence-electron chi connectivity index (χ3n) is 9.97. The van der Waals surface area contributed by atoms with Crippen LogP contribution in [0.15, 0.2) is 18.2 Å². The standard InChI is InChI=1S/C39H5BF22O2/c41-7-3-1-2-5-4-6-9(8(5)7)19(44)33(58)36(61)38(6)63-40(64-39-15(25(50)32(57)35(60)37(39)62)14-23(48)30(55)34(59)31(56)24(14)49)16-10-11(20(45)27(52)26(16)51)18(43)13-12(17(10)42)21(46)28(53)29(54)22(13)47/h1-3H,4H2. The van der Waals surface area contributed by atoms with Gasteiger partial charge < -0.3 is 9.31 Å². The predicted molar refractivity (Wildman–Crippen MR) is 174 cm³/mol. The minimum Gasteiger partial charge on any atom is -0.519 e. The molecule has 0 spiro atoms. The van der Waals surface area contributed by atoms with Crippen molar-refractivity contribution in [2.45, 2.75) is 6.42 Å². The van der Waals surface area contributed by atoms with E-state index in [1.807, 2.05) is 0 Å². The zero-order valence-electron chi connectivity index (χ0n) is 29.6. The van der Waals surface area contributed by atoms with E-state index in [2.05, 4.69) is 0 Å². The first-order valence-electron chi connectivity index (χ1n) is 16.8. The van der Waals surface area contributed by atoms with Gasteiger partial charge in [0.2, 0.25) is 23.3 Å². The molecule has 2 nitrogen and oxygen atoms in total. The Morgan fingerprint density at radius 2 is 0.688 bits per heavy atom. The van der Waals surface area contributed by atoms with E-state index in [1.54, 1.807) is 0 Å². The summed E-state index contributed by atoms with van der Waals surface area (Å²) in [6, 6.07) is 2.51. The Hall–Kier alpha value is -6.82. The summed E-state index contributed by atoms with van der Waals surface area (Å²) in [4.78, 5) is 0. The number of rotatable bonds is 6. The molecule has 0 fully saturated rings. The largest absolute Gasteiger partial charge is 0.636 e. The highest BCUT2D eigenvalue weighted by Crippen LogP contribution is 2.48. The van der Waals surface area contributed by atoms with Gasteiger partial charge in [-0.1, -0.05) is 12.1 Å². The van der Waals surface area contributed by atoms with Crippen LogP contribution in [0, 0.1) is 128 Å². The van der Waals surface area contributed by atoms with Crippen molar-refractivity contribution in [1.82, 2.24) is 0 Å². The van der Waals surface area contributed by atoms with Crippen LogP contribution in [0.25, 0.3) is 43.8 Å². The van der Waals surface area contributed by atoms with Crippen molar-refractivity contribution >= 4 is 34.1 Å². The van der Waals surface area contributed by atoms with E-state index in [0.29, 0.717) is 6.07 Å². The first-order valence-corrected chi connectivity index (χ1v) is 16.8. The van der Waals surface area contributed by atoms with E-state index in [9.17, 15) is 35.1 Å². The van der Waals surface area contributed by atoms with Gasteiger partial charge in [-0.05, 0) is 11.6 Å². The summed E-state index contributed by atoms with van der Waals surface area (Å²) in [5.74, 6) is -69.5. The molecule has 1 aliphatic rings. The first kappa shape index (κ1) is 43.8. The molecule has 0 N–H and O–H groups in total. The third kappa shape index (κ3) is 5.80. The molecule has 0 atom stereocenters.